The molecule has 0 radical (unpaired) electrons. The molecule has 1 fully saturated rings. The summed E-state index contributed by atoms with van der Waals surface area (Å²) in [5, 5.41) is 9.17. The Balaban J connectivity index is 2.21. The minimum atomic E-state index is -3.23. The van der Waals surface area contributed by atoms with Crippen LogP contribution in [-0.4, -0.2) is 18.8 Å². The second-order valence-electron chi connectivity index (χ2n) is 3.85. The molecular weight excluding hydrogens is 214 g/mol. The first-order valence-electron chi connectivity index (χ1n) is 4.80. The maximum Gasteiger partial charge on any atom is 0.235 e. The van der Waals surface area contributed by atoms with Crippen molar-refractivity contribution < 1.29 is 13.5 Å². The van der Waals surface area contributed by atoms with Crippen molar-refractivity contribution in [2.45, 2.75) is 25.0 Å². The molecule has 82 valence electrons. The molecule has 0 heterocycles. The number of aryl methyl sites for hydroxylation is 1. The fourth-order valence-electron chi connectivity index (χ4n) is 1.30. The van der Waals surface area contributed by atoms with Gasteiger partial charge >= 0.3 is 0 Å². The molecule has 0 aromatic heterocycles. The van der Waals surface area contributed by atoms with E-state index in [4.69, 9.17) is 0 Å². The fourth-order valence-corrected chi connectivity index (χ4v) is 2.68. The predicted molar refractivity (Wildman–Crippen MR) is 58.4 cm³/mol. The van der Waals surface area contributed by atoms with Crippen molar-refractivity contribution in [2.24, 2.45) is 0 Å². The second-order valence-corrected chi connectivity index (χ2v) is 5.81. The van der Waals surface area contributed by atoms with Gasteiger partial charge in [-0.25, -0.2) is 8.42 Å². The van der Waals surface area contributed by atoms with Crippen LogP contribution in [0.1, 0.15) is 18.4 Å². The lowest BCUT2D eigenvalue weighted by molar-refractivity contribution is 0.471. The Morgan fingerprint density at radius 2 is 2.07 bits per heavy atom. The summed E-state index contributed by atoms with van der Waals surface area (Å²) in [4.78, 5) is 0. The van der Waals surface area contributed by atoms with Gasteiger partial charge in [-0.2, -0.15) is 0 Å². The van der Waals surface area contributed by atoms with Crippen LogP contribution in [0, 0.1) is 6.92 Å². The molecule has 4 nitrogen and oxygen atoms in total. The Kier molecular flexibility index (Phi) is 2.34. The van der Waals surface area contributed by atoms with E-state index in [1.54, 1.807) is 19.1 Å². The summed E-state index contributed by atoms with van der Waals surface area (Å²) in [6, 6.07) is 4.75. The van der Waals surface area contributed by atoms with Crippen molar-refractivity contribution >= 4 is 15.7 Å². The normalized spacial score (nSPS) is 16.3. The minimum absolute atomic E-state index is 0.103. The first-order chi connectivity index (χ1) is 6.99. The Labute approximate surface area is 89.0 Å². The Morgan fingerprint density at radius 1 is 1.40 bits per heavy atom. The smallest absolute Gasteiger partial charge is 0.235 e. The van der Waals surface area contributed by atoms with E-state index < -0.39 is 10.0 Å². The van der Waals surface area contributed by atoms with Crippen LogP contribution >= 0.6 is 0 Å². The third-order valence-corrected chi connectivity index (χ3v) is 4.30. The van der Waals surface area contributed by atoms with Gasteiger partial charge in [0.2, 0.25) is 10.0 Å². The molecule has 5 heteroatoms. The van der Waals surface area contributed by atoms with Gasteiger partial charge in [0.15, 0.2) is 0 Å². The number of anilines is 1. The minimum Gasteiger partial charge on any atom is -0.508 e. The van der Waals surface area contributed by atoms with E-state index >= 15 is 0 Å². The van der Waals surface area contributed by atoms with Crippen LogP contribution in [0.5, 0.6) is 5.75 Å². The van der Waals surface area contributed by atoms with E-state index in [0.717, 1.165) is 18.4 Å². The van der Waals surface area contributed by atoms with Gasteiger partial charge in [0.25, 0.3) is 0 Å². The molecule has 1 aliphatic carbocycles. The fraction of sp³-hybridized carbons (Fsp3) is 0.400. The lowest BCUT2D eigenvalue weighted by Gasteiger charge is -2.07. The van der Waals surface area contributed by atoms with Crippen molar-refractivity contribution in [1.29, 1.82) is 0 Å². The zero-order chi connectivity index (χ0) is 11.1. The van der Waals surface area contributed by atoms with Gasteiger partial charge in [0.1, 0.15) is 5.75 Å². The van der Waals surface area contributed by atoms with E-state index in [9.17, 15) is 13.5 Å². The van der Waals surface area contributed by atoms with E-state index in [1.807, 2.05) is 0 Å². The average Bonchev–Trinajstić information content (AvgIpc) is 2.93. The van der Waals surface area contributed by atoms with Crippen LogP contribution in [0.15, 0.2) is 18.2 Å². The van der Waals surface area contributed by atoms with Crippen LogP contribution in [0.4, 0.5) is 5.69 Å². The highest BCUT2D eigenvalue weighted by atomic mass is 32.2. The quantitative estimate of drug-likeness (QED) is 0.824. The third-order valence-electron chi connectivity index (χ3n) is 2.43. The zero-order valence-corrected chi connectivity index (χ0v) is 9.21. The highest BCUT2D eigenvalue weighted by Crippen LogP contribution is 2.30. The number of rotatable bonds is 3. The number of sulfonamides is 1. The summed E-state index contributed by atoms with van der Waals surface area (Å²) < 4.78 is 25.6. The predicted octanol–water partition coefficient (Wildman–Crippen LogP) is 1.60. The second kappa shape index (κ2) is 3.41. The first-order valence-corrected chi connectivity index (χ1v) is 6.35. The molecule has 1 aliphatic rings. The molecule has 2 rings (SSSR count). The lowest BCUT2D eigenvalue weighted by atomic mass is 10.2. The van der Waals surface area contributed by atoms with E-state index in [1.165, 1.54) is 6.07 Å². The van der Waals surface area contributed by atoms with Crippen molar-refractivity contribution in [3.8, 4) is 5.75 Å². The molecule has 1 saturated carbocycles. The van der Waals surface area contributed by atoms with Gasteiger partial charge < -0.3 is 5.11 Å². The molecule has 0 spiro atoms. The van der Waals surface area contributed by atoms with Crippen molar-refractivity contribution in [2.75, 3.05) is 4.72 Å². The molecule has 1 aromatic carbocycles. The summed E-state index contributed by atoms with van der Waals surface area (Å²) >= 11 is 0. The summed E-state index contributed by atoms with van der Waals surface area (Å²) in [6.45, 7) is 1.76. The maximum absolute atomic E-state index is 11.6. The topological polar surface area (TPSA) is 66.4 Å². The van der Waals surface area contributed by atoms with Gasteiger partial charge in [0.05, 0.1) is 10.9 Å². The highest BCUT2D eigenvalue weighted by Gasteiger charge is 2.35. The van der Waals surface area contributed by atoms with Crippen LogP contribution in [0.25, 0.3) is 0 Å². The van der Waals surface area contributed by atoms with Gasteiger partial charge in [-0.3, -0.25) is 4.72 Å². The zero-order valence-electron chi connectivity index (χ0n) is 8.40. The Morgan fingerprint density at radius 3 is 2.60 bits per heavy atom. The molecule has 15 heavy (non-hydrogen) atoms. The number of hydrogen-bond donors (Lipinski definition) is 2. The number of phenols is 1. The number of benzene rings is 1. The molecule has 0 bridgehead atoms. The Hall–Kier alpha value is -1.23. The number of nitrogens with one attached hydrogen (secondary N) is 1. The first kappa shape index (κ1) is 10.3. The third kappa shape index (κ3) is 2.23. The highest BCUT2D eigenvalue weighted by molar-refractivity contribution is 7.93. The Bertz CT molecular complexity index is 477. The average molecular weight is 227 g/mol. The van der Waals surface area contributed by atoms with Gasteiger partial charge in [-0.05, 0) is 31.4 Å². The van der Waals surface area contributed by atoms with Crippen LogP contribution in [0.3, 0.4) is 0 Å². The van der Waals surface area contributed by atoms with E-state index in [0.29, 0.717) is 5.69 Å². The largest absolute Gasteiger partial charge is 0.508 e. The van der Waals surface area contributed by atoms with Gasteiger partial charge in [0, 0.05) is 6.07 Å². The summed E-state index contributed by atoms with van der Waals surface area (Å²) in [5.74, 6) is 0.103. The molecule has 0 unspecified atom stereocenters. The van der Waals surface area contributed by atoms with Gasteiger partial charge in [-0.1, -0.05) is 6.07 Å². The van der Waals surface area contributed by atoms with Crippen molar-refractivity contribution in [3.63, 3.8) is 0 Å². The van der Waals surface area contributed by atoms with Crippen LogP contribution in [-0.2, 0) is 10.0 Å². The molecular formula is C10H13NO3S. The van der Waals surface area contributed by atoms with E-state index in [2.05, 4.69) is 4.72 Å². The number of aromatic hydroxyl groups is 1. The maximum atomic E-state index is 11.6. The van der Waals surface area contributed by atoms with Crippen LogP contribution < -0.4 is 4.72 Å². The molecule has 2 N–H and O–H groups in total. The molecule has 0 atom stereocenters. The summed E-state index contributed by atoms with van der Waals surface area (Å²) in [6.07, 6.45) is 1.46. The van der Waals surface area contributed by atoms with Crippen molar-refractivity contribution in [3.05, 3.63) is 23.8 Å². The SMILES string of the molecule is Cc1ccc(NS(=O)(=O)C2CC2)cc1O. The van der Waals surface area contributed by atoms with Gasteiger partial charge in [-0.15, -0.1) is 0 Å². The van der Waals surface area contributed by atoms with E-state index in [-0.39, 0.29) is 11.0 Å². The molecule has 0 saturated heterocycles. The number of hydrogen-bond acceptors (Lipinski definition) is 3. The molecule has 0 aliphatic heterocycles. The molecule has 1 aromatic rings. The standard InChI is InChI=1S/C10H13NO3S/c1-7-2-3-8(6-10(7)12)11-15(13,14)9-4-5-9/h2-3,6,9,11-12H,4-5H2,1H3. The van der Waals surface area contributed by atoms with Crippen LogP contribution in [0.2, 0.25) is 0 Å². The van der Waals surface area contributed by atoms with Crippen molar-refractivity contribution in [1.82, 2.24) is 0 Å². The monoisotopic (exact) mass is 227 g/mol. The summed E-state index contributed by atoms with van der Waals surface area (Å²) in [7, 11) is -3.23. The number of phenolic OH excluding ortho intramolecular Hbond substituents is 1. The molecule has 0 amide bonds. The summed E-state index contributed by atoms with van der Waals surface area (Å²) in [5.41, 5.74) is 1.15. The lowest BCUT2D eigenvalue weighted by Crippen LogP contribution is -2.17.